The quantitative estimate of drug-likeness (QED) is 0.791. The Morgan fingerprint density at radius 2 is 1.96 bits per heavy atom. The van der Waals surface area contributed by atoms with Crippen LogP contribution < -0.4 is 4.90 Å². The number of nitrogens with zero attached hydrogens (tertiary/aromatic N) is 4. The molecule has 2 aromatic rings. The fourth-order valence-corrected chi connectivity index (χ4v) is 5.49. The van der Waals surface area contributed by atoms with E-state index >= 15 is 0 Å². The Kier molecular flexibility index (Phi) is 4.59. The van der Waals surface area contributed by atoms with E-state index in [1.54, 1.807) is 11.1 Å². The summed E-state index contributed by atoms with van der Waals surface area (Å²) in [6.45, 7) is 1.25. The normalized spacial score (nSPS) is 20.9. The predicted octanol–water partition coefficient (Wildman–Crippen LogP) is 1.30. The van der Waals surface area contributed by atoms with E-state index in [2.05, 4.69) is 16.0 Å². The van der Waals surface area contributed by atoms with Crippen LogP contribution in [-0.2, 0) is 22.8 Å². The second-order valence-electron chi connectivity index (χ2n) is 7.17. The molecule has 3 heterocycles. The molecule has 0 saturated carbocycles. The van der Waals surface area contributed by atoms with Crippen molar-refractivity contribution in [1.82, 2.24) is 14.9 Å². The molecule has 27 heavy (non-hydrogen) atoms. The smallest absolute Gasteiger partial charge is 0.274 e. The van der Waals surface area contributed by atoms with Gasteiger partial charge < -0.3 is 9.80 Å². The first-order valence-corrected chi connectivity index (χ1v) is 10.9. The minimum absolute atomic E-state index is 0.0931. The van der Waals surface area contributed by atoms with Gasteiger partial charge in [0.2, 0.25) is 0 Å². The van der Waals surface area contributed by atoms with Crippen molar-refractivity contribution < 1.29 is 13.2 Å². The predicted molar refractivity (Wildman–Crippen MR) is 102 cm³/mol. The zero-order chi connectivity index (χ0) is 19.0. The zero-order valence-corrected chi connectivity index (χ0v) is 16.0. The van der Waals surface area contributed by atoms with Crippen molar-refractivity contribution in [2.75, 3.05) is 30.0 Å². The van der Waals surface area contributed by atoms with E-state index in [-0.39, 0.29) is 23.5 Å². The van der Waals surface area contributed by atoms with E-state index in [0.717, 1.165) is 6.42 Å². The maximum Gasteiger partial charge on any atom is 0.274 e. The Morgan fingerprint density at radius 1 is 1.19 bits per heavy atom. The molecule has 0 aliphatic carbocycles. The van der Waals surface area contributed by atoms with Crippen LogP contribution in [0.2, 0.25) is 0 Å². The summed E-state index contributed by atoms with van der Waals surface area (Å²) >= 11 is 0. The van der Waals surface area contributed by atoms with Crippen LogP contribution in [0.25, 0.3) is 0 Å². The molecule has 1 aromatic carbocycles. The van der Waals surface area contributed by atoms with Gasteiger partial charge in [0, 0.05) is 26.2 Å². The molecule has 7 nitrogen and oxygen atoms in total. The molecule has 1 atom stereocenters. The van der Waals surface area contributed by atoms with Gasteiger partial charge >= 0.3 is 0 Å². The number of hydrogen-bond acceptors (Lipinski definition) is 6. The Hall–Kier alpha value is -2.48. The number of anilines is 1. The highest BCUT2D eigenvalue weighted by Gasteiger charge is 2.31. The van der Waals surface area contributed by atoms with Crippen LogP contribution in [0.1, 0.15) is 28.0 Å². The van der Waals surface area contributed by atoms with E-state index in [0.29, 0.717) is 31.0 Å². The van der Waals surface area contributed by atoms with Crippen LogP contribution >= 0.6 is 0 Å². The Bertz CT molecular complexity index is 959. The van der Waals surface area contributed by atoms with Crippen LogP contribution in [0, 0.1) is 0 Å². The Morgan fingerprint density at radius 3 is 2.63 bits per heavy atom. The summed E-state index contributed by atoms with van der Waals surface area (Å²) in [5, 5.41) is 0. The van der Waals surface area contributed by atoms with E-state index in [1.807, 2.05) is 30.1 Å². The van der Waals surface area contributed by atoms with Crippen LogP contribution in [0.3, 0.4) is 0 Å². The fraction of sp³-hybridized carbons (Fsp3) is 0.421. The third-order valence-electron chi connectivity index (χ3n) is 5.39. The first kappa shape index (κ1) is 17.9. The molecule has 142 valence electrons. The van der Waals surface area contributed by atoms with Crippen LogP contribution in [-0.4, -0.2) is 60.3 Å². The van der Waals surface area contributed by atoms with Gasteiger partial charge in [0.05, 0.1) is 23.9 Å². The lowest BCUT2D eigenvalue weighted by atomic mass is 10.00. The maximum absolute atomic E-state index is 12.8. The minimum atomic E-state index is -2.96. The average Bonchev–Trinajstić information content (AvgIpc) is 3.06. The molecule has 1 amide bonds. The highest BCUT2D eigenvalue weighted by Crippen LogP contribution is 2.22. The molecular weight excluding hydrogens is 364 g/mol. The van der Waals surface area contributed by atoms with Crippen molar-refractivity contribution in [2.45, 2.75) is 25.4 Å². The summed E-state index contributed by atoms with van der Waals surface area (Å²) in [5.41, 5.74) is 2.77. The highest BCUT2D eigenvalue weighted by molar-refractivity contribution is 7.91. The summed E-state index contributed by atoms with van der Waals surface area (Å²) in [4.78, 5) is 25.0. The molecular formula is C19H22N4O3S. The largest absolute Gasteiger partial charge is 0.354 e. The summed E-state index contributed by atoms with van der Waals surface area (Å²) in [7, 11) is -1.14. The lowest BCUT2D eigenvalue weighted by Gasteiger charge is -2.28. The van der Waals surface area contributed by atoms with Gasteiger partial charge in [0.25, 0.3) is 5.91 Å². The van der Waals surface area contributed by atoms with Crippen LogP contribution in [0.5, 0.6) is 0 Å². The number of aromatic nitrogens is 2. The molecule has 1 saturated heterocycles. The lowest BCUT2D eigenvalue weighted by molar-refractivity contribution is 0.0728. The van der Waals surface area contributed by atoms with Crippen molar-refractivity contribution in [3.63, 3.8) is 0 Å². The summed E-state index contributed by atoms with van der Waals surface area (Å²) < 4.78 is 23.3. The molecule has 2 aliphatic heterocycles. The van der Waals surface area contributed by atoms with Crippen molar-refractivity contribution in [3.8, 4) is 0 Å². The number of carbonyl (C=O) groups excluding carboxylic acids is 1. The Labute approximate surface area is 159 Å². The third-order valence-corrected chi connectivity index (χ3v) is 7.14. The monoisotopic (exact) mass is 386 g/mol. The maximum atomic E-state index is 12.8. The molecule has 0 N–H and O–H groups in total. The van der Waals surface area contributed by atoms with Gasteiger partial charge in [-0.1, -0.05) is 24.3 Å². The summed E-state index contributed by atoms with van der Waals surface area (Å²) in [6, 6.07) is 8.07. The minimum Gasteiger partial charge on any atom is -0.354 e. The molecule has 4 rings (SSSR count). The standard InChI is InChI=1S/C19H22N4O3S/c1-22(16-7-9-27(25,26)13-16)18-11-20-17(10-21-18)19(24)23-8-6-14-4-2-3-5-15(14)12-23/h2-5,10-11,16H,6-9,12-13H2,1H3. The number of carbonyl (C=O) groups is 1. The molecule has 0 radical (unpaired) electrons. The van der Waals surface area contributed by atoms with Gasteiger partial charge in [-0.05, 0) is 24.0 Å². The molecule has 0 spiro atoms. The van der Waals surface area contributed by atoms with Crippen molar-refractivity contribution in [1.29, 1.82) is 0 Å². The SMILES string of the molecule is CN(c1cnc(C(=O)N2CCc3ccccc3C2)cn1)C1CCS(=O)(=O)C1. The van der Waals surface area contributed by atoms with Gasteiger partial charge in [0.1, 0.15) is 11.5 Å². The second-order valence-corrected chi connectivity index (χ2v) is 9.40. The van der Waals surface area contributed by atoms with E-state index in [1.165, 1.54) is 17.3 Å². The third kappa shape index (κ3) is 3.66. The number of sulfone groups is 1. The number of rotatable bonds is 3. The lowest BCUT2D eigenvalue weighted by Crippen LogP contribution is -2.37. The van der Waals surface area contributed by atoms with Gasteiger partial charge in [-0.15, -0.1) is 0 Å². The number of hydrogen-bond donors (Lipinski definition) is 0. The summed E-state index contributed by atoms with van der Waals surface area (Å²) in [5.74, 6) is 0.800. The van der Waals surface area contributed by atoms with Gasteiger partial charge in [-0.25, -0.2) is 18.4 Å². The van der Waals surface area contributed by atoms with E-state index in [9.17, 15) is 13.2 Å². The van der Waals surface area contributed by atoms with Gasteiger partial charge in [-0.3, -0.25) is 4.79 Å². The second kappa shape index (κ2) is 6.92. The molecule has 0 bridgehead atoms. The number of fused-ring (bicyclic) bond motifs is 1. The van der Waals surface area contributed by atoms with Crippen molar-refractivity contribution in [3.05, 3.63) is 53.5 Å². The molecule has 8 heteroatoms. The van der Waals surface area contributed by atoms with E-state index in [4.69, 9.17) is 0 Å². The number of amides is 1. The first-order chi connectivity index (χ1) is 12.9. The Balaban J connectivity index is 1.45. The van der Waals surface area contributed by atoms with Crippen LogP contribution in [0.15, 0.2) is 36.7 Å². The van der Waals surface area contributed by atoms with E-state index < -0.39 is 9.84 Å². The topological polar surface area (TPSA) is 83.5 Å². The van der Waals surface area contributed by atoms with Crippen molar-refractivity contribution >= 4 is 21.6 Å². The number of benzene rings is 1. The first-order valence-electron chi connectivity index (χ1n) is 9.04. The molecule has 1 unspecified atom stereocenters. The van der Waals surface area contributed by atoms with Crippen molar-refractivity contribution in [2.24, 2.45) is 0 Å². The highest BCUT2D eigenvalue weighted by atomic mass is 32.2. The van der Waals surface area contributed by atoms with Gasteiger partial charge in [0.15, 0.2) is 9.84 Å². The zero-order valence-electron chi connectivity index (χ0n) is 15.2. The molecule has 1 fully saturated rings. The molecule has 1 aromatic heterocycles. The fourth-order valence-electron chi connectivity index (χ4n) is 3.71. The van der Waals surface area contributed by atoms with Gasteiger partial charge in [-0.2, -0.15) is 0 Å². The average molecular weight is 386 g/mol. The molecule has 2 aliphatic rings. The summed E-state index contributed by atoms with van der Waals surface area (Å²) in [6.07, 6.45) is 4.47. The van der Waals surface area contributed by atoms with Crippen LogP contribution in [0.4, 0.5) is 5.82 Å².